The molecule has 0 heterocycles. The molecule has 2 aliphatic rings. The number of aliphatic hydroxyl groups is 1. The number of rotatable bonds is 2. The molecule has 0 saturated carbocycles. The van der Waals surface area contributed by atoms with Crippen molar-refractivity contribution in [3.8, 4) is 0 Å². The lowest BCUT2D eigenvalue weighted by atomic mass is 9.87. The summed E-state index contributed by atoms with van der Waals surface area (Å²) >= 11 is 0. The van der Waals surface area contributed by atoms with Crippen LogP contribution in [0.5, 0.6) is 0 Å². The Morgan fingerprint density at radius 3 is 1.85 bits per heavy atom. The van der Waals surface area contributed by atoms with Crippen LogP contribution in [0.15, 0.2) is 23.3 Å². The van der Waals surface area contributed by atoms with Gasteiger partial charge in [-0.15, -0.1) is 0 Å². The fraction of sp³-hybridized carbons (Fsp3) is 0.583. The van der Waals surface area contributed by atoms with Gasteiger partial charge in [-0.2, -0.15) is 0 Å². The van der Waals surface area contributed by atoms with Gasteiger partial charge in [0.25, 0.3) is 0 Å². The summed E-state index contributed by atoms with van der Waals surface area (Å²) in [6.07, 6.45) is 11.0. The van der Waals surface area contributed by atoms with Gasteiger partial charge in [0, 0.05) is 0 Å². The second kappa shape index (κ2) is 3.30. The monoisotopic (exact) mass is 177 g/mol. The molecule has 0 atom stereocenters. The van der Waals surface area contributed by atoms with E-state index in [1.54, 1.807) is 0 Å². The molecule has 13 heavy (non-hydrogen) atoms. The molecule has 0 bridgehead atoms. The summed E-state index contributed by atoms with van der Waals surface area (Å²) in [4.78, 5) is 0. The normalized spacial score (nSPS) is 23.2. The van der Waals surface area contributed by atoms with Crippen LogP contribution in [0.2, 0.25) is 0 Å². The number of hydrogen-bond donors (Lipinski definition) is 1. The van der Waals surface area contributed by atoms with Crippen molar-refractivity contribution >= 4 is 0 Å². The highest BCUT2D eigenvalue weighted by molar-refractivity contribution is 5.37. The van der Waals surface area contributed by atoms with Gasteiger partial charge in [0.2, 0.25) is 0 Å². The van der Waals surface area contributed by atoms with E-state index < -0.39 is 5.60 Å². The molecule has 1 heteroatoms. The molecule has 71 valence electrons. The quantitative estimate of drug-likeness (QED) is 0.643. The maximum absolute atomic E-state index is 10.3. The summed E-state index contributed by atoms with van der Waals surface area (Å²) in [7, 11) is 0. The van der Waals surface area contributed by atoms with Crippen LogP contribution in [-0.2, 0) is 0 Å². The minimum atomic E-state index is -0.868. The zero-order valence-corrected chi connectivity index (χ0v) is 8.05. The first-order valence-corrected chi connectivity index (χ1v) is 5.18. The summed E-state index contributed by atoms with van der Waals surface area (Å²) in [5.74, 6) is 0. The molecule has 1 radical (unpaired) electrons. The molecule has 2 rings (SSSR count). The van der Waals surface area contributed by atoms with Crippen molar-refractivity contribution in [2.75, 3.05) is 0 Å². The van der Waals surface area contributed by atoms with Crippen molar-refractivity contribution in [1.82, 2.24) is 0 Å². The van der Waals surface area contributed by atoms with E-state index in [1.807, 2.05) is 0 Å². The van der Waals surface area contributed by atoms with E-state index >= 15 is 0 Å². The van der Waals surface area contributed by atoms with Gasteiger partial charge >= 0.3 is 0 Å². The lowest BCUT2D eigenvalue weighted by molar-refractivity contribution is 0.159. The van der Waals surface area contributed by atoms with E-state index in [1.165, 1.54) is 12.8 Å². The van der Waals surface area contributed by atoms with Gasteiger partial charge in [0.1, 0.15) is 5.60 Å². The number of allylic oxidation sites excluding steroid dienone is 2. The van der Waals surface area contributed by atoms with E-state index in [9.17, 15) is 5.11 Å². The second-order valence-electron chi connectivity index (χ2n) is 4.10. The minimum Gasteiger partial charge on any atom is -0.381 e. The Kier molecular flexibility index (Phi) is 2.29. The first-order valence-electron chi connectivity index (χ1n) is 5.18. The zero-order chi connectivity index (χ0) is 9.31. The largest absolute Gasteiger partial charge is 0.381 e. The molecule has 0 aliphatic heterocycles. The Morgan fingerprint density at radius 1 is 1.08 bits per heavy atom. The highest BCUT2D eigenvalue weighted by Gasteiger charge is 2.32. The van der Waals surface area contributed by atoms with Crippen LogP contribution in [0.1, 0.15) is 38.5 Å². The Hall–Kier alpha value is -0.560. The molecule has 0 aromatic rings. The number of hydrogen-bond acceptors (Lipinski definition) is 1. The first kappa shape index (κ1) is 9.01. The molecule has 0 saturated heterocycles. The predicted molar refractivity (Wildman–Crippen MR) is 54.2 cm³/mol. The molecule has 0 fully saturated rings. The third-order valence-electron chi connectivity index (χ3n) is 3.14. The van der Waals surface area contributed by atoms with E-state index in [4.69, 9.17) is 0 Å². The van der Waals surface area contributed by atoms with Crippen molar-refractivity contribution in [3.63, 3.8) is 0 Å². The third kappa shape index (κ3) is 1.58. The van der Waals surface area contributed by atoms with Crippen LogP contribution >= 0.6 is 0 Å². The van der Waals surface area contributed by atoms with Crippen molar-refractivity contribution in [2.45, 2.75) is 44.1 Å². The molecule has 1 nitrogen and oxygen atoms in total. The van der Waals surface area contributed by atoms with E-state index in [-0.39, 0.29) is 0 Å². The van der Waals surface area contributed by atoms with Gasteiger partial charge in [0.15, 0.2) is 0 Å². The van der Waals surface area contributed by atoms with Gasteiger partial charge in [-0.25, -0.2) is 0 Å². The van der Waals surface area contributed by atoms with E-state index in [0.29, 0.717) is 0 Å². The molecular formula is C12H17O. The first-order chi connectivity index (χ1) is 6.21. The maximum Gasteiger partial charge on any atom is 0.107 e. The minimum absolute atomic E-state index is 0.868. The highest BCUT2D eigenvalue weighted by atomic mass is 16.3. The summed E-state index contributed by atoms with van der Waals surface area (Å²) < 4.78 is 0. The zero-order valence-electron chi connectivity index (χ0n) is 8.05. The molecule has 0 amide bonds. The van der Waals surface area contributed by atoms with Crippen LogP contribution in [-0.4, -0.2) is 10.7 Å². The fourth-order valence-corrected chi connectivity index (χ4v) is 2.30. The average Bonchev–Trinajstić information content (AvgIpc) is 2.78. The van der Waals surface area contributed by atoms with Crippen molar-refractivity contribution in [3.05, 3.63) is 30.2 Å². The Labute approximate surface area is 80.2 Å². The average molecular weight is 177 g/mol. The van der Waals surface area contributed by atoms with Gasteiger partial charge < -0.3 is 5.11 Å². The summed E-state index contributed by atoms with van der Waals surface area (Å²) in [6.45, 7) is 3.95. The van der Waals surface area contributed by atoms with Crippen LogP contribution in [0, 0.1) is 6.92 Å². The molecule has 0 spiro atoms. The third-order valence-corrected chi connectivity index (χ3v) is 3.14. The predicted octanol–water partition coefficient (Wildman–Crippen LogP) is 2.77. The summed E-state index contributed by atoms with van der Waals surface area (Å²) in [5, 5.41) is 10.3. The van der Waals surface area contributed by atoms with Crippen molar-refractivity contribution in [1.29, 1.82) is 0 Å². The van der Waals surface area contributed by atoms with Gasteiger partial charge in [-0.05, 0) is 56.6 Å². The fourth-order valence-electron chi connectivity index (χ4n) is 2.30. The standard InChI is InChI=1S/C12H17O/c1-12(13,10-6-2-3-7-10)11-8-4-5-9-11/h6,8,13H,1-5,7,9H2. The molecule has 2 aliphatic carbocycles. The highest BCUT2D eigenvalue weighted by Crippen LogP contribution is 2.37. The van der Waals surface area contributed by atoms with Gasteiger partial charge in [0.05, 0.1) is 0 Å². The SMILES string of the molecule is [CH2]C(O)(C1=CCCC1)C1=CCCC1. The molecule has 1 N–H and O–H groups in total. The van der Waals surface area contributed by atoms with Crippen molar-refractivity contribution in [2.24, 2.45) is 0 Å². The summed E-state index contributed by atoms with van der Waals surface area (Å²) in [5.41, 5.74) is 1.41. The smallest absolute Gasteiger partial charge is 0.107 e. The van der Waals surface area contributed by atoms with Gasteiger partial charge in [-0.1, -0.05) is 12.2 Å². The van der Waals surface area contributed by atoms with Crippen LogP contribution < -0.4 is 0 Å². The Balaban J connectivity index is 2.18. The van der Waals surface area contributed by atoms with Crippen LogP contribution in [0.25, 0.3) is 0 Å². The topological polar surface area (TPSA) is 20.2 Å². The molecule has 0 aromatic heterocycles. The van der Waals surface area contributed by atoms with Crippen LogP contribution in [0.3, 0.4) is 0 Å². The molecule has 0 aromatic carbocycles. The maximum atomic E-state index is 10.3. The lowest BCUT2D eigenvalue weighted by Gasteiger charge is -2.26. The van der Waals surface area contributed by atoms with Crippen molar-refractivity contribution < 1.29 is 5.11 Å². The van der Waals surface area contributed by atoms with Crippen LogP contribution in [0.4, 0.5) is 0 Å². The van der Waals surface area contributed by atoms with E-state index in [2.05, 4.69) is 19.1 Å². The Morgan fingerprint density at radius 2 is 1.54 bits per heavy atom. The molecular weight excluding hydrogens is 160 g/mol. The van der Waals surface area contributed by atoms with E-state index in [0.717, 1.165) is 36.8 Å². The second-order valence-corrected chi connectivity index (χ2v) is 4.10. The Bertz CT molecular complexity index is 232. The summed E-state index contributed by atoms with van der Waals surface area (Å²) in [6, 6.07) is 0. The lowest BCUT2D eigenvalue weighted by Crippen LogP contribution is -2.28. The van der Waals surface area contributed by atoms with Gasteiger partial charge in [-0.3, -0.25) is 0 Å². The molecule has 0 unspecified atom stereocenters.